The van der Waals surface area contributed by atoms with Crippen molar-refractivity contribution in [2.24, 2.45) is 0 Å². The first-order valence-corrected chi connectivity index (χ1v) is 9.56. The quantitative estimate of drug-likeness (QED) is 0.859. The van der Waals surface area contributed by atoms with Crippen LogP contribution in [-0.2, 0) is 11.3 Å². The number of pyridine rings is 1. The summed E-state index contributed by atoms with van der Waals surface area (Å²) in [7, 11) is 0. The van der Waals surface area contributed by atoms with Crippen molar-refractivity contribution in [3.05, 3.63) is 41.6 Å². The zero-order chi connectivity index (χ0) is 17.2. The topological polar surface area (TPSA) is 36.4 Å². The lowest BCUT2D eigenvalue weighted by Crippen LogP contribution is -2.36. The minimum absolute atomic E-state index is 0.190. The lowest BCUT2D eigenvalue weighted by Gasteiger charge is -2.31. The van der Waals surface area contributed by atoms with E-state index in [0.29, 0.717) is 5.92 Å². The highest BCUT2D eigenvalue weighted by atomic mass is 16.2. The zero-order valence-electron chi connectivity index (χ0n) is 15.1. The molecule has 2 aliphatic heterocycles. The molecule has 4 rings (SSSR count). The van der Waals surface area contributed by atoms with Crippen molar-refractivity contribution >= 4 is 16.8 Å². The fourth-order valence-electron chi connectivity index (χ4n) is 4.21. The molecule has 132 valence electrons. The normalized spacial score (nSPS) is 19.6. The molecule has 0 aliphatic carbocycles. The number of aromatic nitrogens is 1. The number of carbonyl (C=O) groups is 1. The van der Waals surface area contributed by atoms with E-state index in [0.717, 1.165) is 38.0 Å². The summed E-state index contributed by atoms with van der Waals surface area (Å²) in [4.78, 5) is 20.9. The molecule has 0 bridgehead atoms. The summed E-state index contributed by atoms with van der Waals surface area (Å²) >= 11 is 0. The molecule has 2 aliphatic rings. The van der Waals surface area contributed by atoms with Gasteiger partial charge in [0.25, 0.3) is 0 Å². The summed E-state index contributed by atoms with van der Waals surface area (Å²) in [5, 5.41) is 1.24. The van der Waals surface area contributed by atoms with Gasteiger partial charge in [-0.05, 0) is 62.5 Å². The maximum atomic E-state index is 11.5. The van der Waals surface area contributed by atoms with E-state index in [4.69, 9.17) is 4.98 Å². The van der Waals surface area contributed by atoms with Crippen LogP contribution >= 0.6 is 0 Å². The Morgan fingerprint density at radius 2 is 1.84 bits per heavy atom. The highest BCUT2D eigenvalue weighted by Crippen LogP contribution is 2.28. The first kappa shape index (κ1) is 16.5. The van der Waals surface area contributed by atoms with E-state index in [-0.39, 0.29) is 5.91 Å². The van der Waals surface area contributed by atoms with Gasteiger partial charge in [-0.2, -0.15) is 0 Å². The van der Waals surface area contributed by atoms with Gasteiger partial charge >= 0.3 is 0 Å². The molecule has 0 N–H and O–H groups in total. The number of piperidine rings is 1. The van der Waals surface area contributed by atoms with Crippen LogP contribution in [0.15, 0.2) is 30.3 Å². The first-order valence-electron chi connectivity index (χ1n) is 9.56. The number of hydrogen-bond donors (Lipinski definition) is 0. The third kappa shape index (κ3) is 3.69. The summed E-state index contributed by atoms with van der Waals surface area (Å²) in [5.74, 6) is 0.666. The molecule has 0 atom stereocenters. The average Bonchev–Trinajstić information content (AvgIpc) is 3.14. The maximum Gasteiger partial charge on any atom is 0.219 e. The molecule has 0 spiro atoms. The van der Waals surface area contributed by atoms with Crippen LogP contribution in [0.25, 0.3) is 10.9 Å². The molecule has 3 heterocycles. The maximum absolute atomic E-state index is 11.5. The van der Waals surface area contributed by atoms with Gasteiger partial charge in [0.05, 0.1) is 5.52 Å². The Balaban J connectivity index is 1.48. The van der Waals surface area contributed by atoms with Gasteiger partial charge < -0.3 is 4.90 Å². The molecule has 2 saturated heterocycles. The van der Waals surface area contributed by atoms with Gasteiger partial charge in [0.15, 0.2) is 0 Å². The number of likely N-dealkylation sites (tertiary alicyclic amines) is 2. The largest absolute Gasteiger partial charge is 0.343 e. The number of fused-ring (bicyclic) bond motifs is 1. The van der Waals surface area contributed by atoms with Crippen LogP contribution in [0.2, 0.25) is 0 Å². The van der Waals surface area contributed by atoms with Crippen molar-refractivity contribution in [3.8, 4) is 0 Å². The summed E-state index contributed by atoms with van der Waals surface area (Å²) in [6.45, 7) is 6.89. The minimum atomic E-state index is 0.190. The number of rotatable bonds is 3. The Hall–Kier alpha value is -1.94. The van der Waals surface area contributed by atoms with E-state index in [1.165, 1.54) is 42.6 Å². The van der Waals surface area contributed by atoms with E-state index in [1.54, 1.807) is 6.92 Å². The Morgan fingerprint density at radius 3 is 2.56 bits per heavy atom. The molecule has 1 amide bonds. The Bertz CT molecular complexity index is 759. The second-order valence-corrected chi connectivity index (χ2v) is 7.53. The monoisotopic (exact) mass is 337 g/mol. The number of benzene rings is 1. The van der Waals surface area contributed by atoms with Crippen molar-refractivity contribution in [3.63, 3.8) is 0 Å². The predicted octanol–water partition coefficient (Wildman–Crippen LogP) is 3.56. The molecule has 2 fully saturated rings. The molecular formula is C21H27N3O. The molecular weight excluding hydrogens is 310 g/mol. The fraction of sp³-hybridized carbons (Fsp3) is 0.524. The van der Waals surface area contributed by atoms with Gasteiger partial charge in [-0.15, -0.1) is 0 Å². The summed E-state index contributed by atoms with van der Waals surface area (Å²) < 4.78 is 0. The van der Waals surface area contributed by atoms with Crippen LogP contribution in [0.1, 0.15) is 49.8 Å². The van der Waals surface area contributed by atoms with Gasteiger partial charge in [0.1, 0.15) is 0 Å². The van der Waals surface area contributed by atoms with E-state index in [2.05, 4.69) is 35.2 Å². The van der Waals surface area contributed by atoms with Gasteiger partial charge in [0.2, 0.25) is 5.91 Å². The fourth-order valence-corrected chi connectivity index (χ4v) is 4.21. The van der Waals surface area contributed by atoms with Crippen LogP contribution in [-0.4, -0.2) is 46.9 Å². The molecule has 25 heavy (non-hydrogen) atoms. The van der Waals surface area contributed by atoms with Crippen LogP contribution in [0.5, 0.6) is 0 Å². The van der Waals surface area contributed by atoms with Crippen LogP contribution in [0.3, 0.4) is 0 Å². The minimum Gasteiger partial charge on any atom is -0.343 e. The Labute approximate surface area is 149 Å². The molecule has 2 aromatic rings. The van der Waals surface area contributed by atoms with Crippen molar-refractivity contribution in [2.45, 2.75) is 45.1 Å². The Morgan fingerprint density at radius 1 is 1.08 bits per heavy atom. The van der Waals surface area contributed by atoms with Gasteiger partial charge in [-0.1, -0.05) is 12.1 Å². The SMILES string of the molecule is CC(=O)N1CCC(c2ccc3cc(CN4CCCC4)ccc3n2)CC1. The van der Waals surface area contributed by atoms with Crippen molar-refractivity contribution in [1.82, 2.24) is 14.8 Å². The van der Waals surface area contributed by atoms with Crippen LogP contribution in [0.4, 0.5) is 0 Å². The van der Waals surface area contributed by atoms with Gasteiger partial charge in [-0.25, -0.2) is 0 Å². The molecule has 1 aromatic heterocycles. The second-order valence-electron chi connectivity index (χ2n) is 7.53. The number of nitrogens with zero attached hydrogens (tertiary/aromatic N) is 3. The summed E-state index contributed by atoms with van der Waals surface area (Å²) in [6.07, 6.45) is 4.71. The lowest BCUT2D eigenvalue weighted by atomic mass is 9.92. The average molecular weight is 337 g/mol. The van der Waals surface area contributed by atoms with E-state index in [1.807, 2.05) is 4.90 Å². The third-order valence-corrected chi connectivity index (χ3v) is 5.74. The third-order valence-electron chi connectivity index (χ3n) is 5.74. The standard InChI is InChI=1S/C21H27N3O/c1-16(25)24-12-8-18(9-13-24)20-7-5-19-14-17(4-6-21(19)22-20)15-23-10-2-3-11-23/h4-7,14,18H,2-3,8-13,15H2,1H3. The van der Waals surface area contributed by atoms with Gasteiger partial charge in [0, 0.05) is 43.6 Å². The molecule has 0 unspecified atom stereocenters. The Kier molecular flexibility index (Phi) is 4.71. The lowest BCUT2D eigenvalue weighted by molar-refractivity contribution is -0.129. The van der Waals surface area contributed by atoms with Crippen molar-refractivity contribution in [2.75, 3.05) is 26.2 Å². The first-order chi connectivity index (χ1) is 12.2. The van der Waals surface area contributed by atoms with E-state index >= 15 is 0 Å². The van der Waals surface area contributed by atoms with Crippen molar-refractivity contribution < 1.29 is 4.79 Å². The predicted molar refractivity (Wildman–Crippen MR) is 100 cm³/mol. The summed E-state index contributed by atoms with van der Waals surface area (Å²) in [5.41, 5.74) is 3.67. The van der Waals surface area contributed by atoms with E-state index in [9.17, 15) is 4.79 Å². The van der Waals surface area contributed by atoms with Crippen LogP contribution in [0, 0.1) is 0 Å². The van der Waals surface area contributed by atoms with Gasteiger partial charge in [-0.3, -0.25) is 14.7 Å². The zero-order valence-corrected chi connectivity index (χ0v) is 15.1. The summed E-state index contributed by atoms with van der Waals surface area (Å²) in [6, 6.07) is 11.1. The van der Waals surface area contributed by atoms with Crippen LogP contribution < -0.4 is 0 Å². The number of carbonyl (C=O) groups excluding carboxylic acids is 1. The number of hydrogen-bond acceptors (Lipinski definition) is 3. The molecule has 0 saturated carbocycles. The number of amides is 1. The molecule has 0 radical (unpaired) electrons. The van der Waals surface area contributed by atoms with E-state index < -0.39 is 0 Å². The second kappa shape index (κ2) is 7.12. The molecule has 1 aromatic carbocycles. The smallest absolute Gasteiger partial charge is 0.219 e. The highest BCUT2D eigenvalue weighted by molar-refractivity contribution is 5.79. The van der Waals surface area contributed by atoms with Crippen molar-refractivity contribution in [1.29, 1.82) is 0 Å². The molecule has 4 heteroatoms. The highest BCUT2D eigenvalue weighted by Gasteiger charge is 2.23. The molecule has 4 nitrogen and oxygen atoms in total.